The first-order valence-electron chi connectivity index (χ1n) is 7.27. The fraction of sp³-hybridized carbons (Fsp3) is 0.333. The van der Waals surface area contributed by atoms with E-state index in [1.165, 1.54) is 22.8 Å². The summed E-state index contributed by atoms with van der Waals surface area (Å²) in [6.07, 6.45) is 0.760. The average molecular weight is 350 g/mol. The van der Waals surface area contributed by atoms with Crippen LogP contribution in [0.15, 0.2) is 40.9 Å². The van der Waals surface area contributed by atoms with Crippen LogP contribution in [-0.4, -0.2) is 6.54 Å². The summed E-state index contributed by atoms with van der Waals surface area (Å²) in [4.78, 5) is 0. The molecular weight excluding hydrogens is 329 g/mol. The molecule has 0 bridgehead atoms. The molecular formula is C18H21BrFN. The van der Waals surface area contributed by atoms with Gasteiger partial charge in [0, 0.05) is 6.04 Å². The van der Waals surface area contributed by atoms with Crippen molar-refractivity contribution in [3.63, 3.8) is 0 Å². The van der Waals surface area contributed by atoms with Crippen LogP contribution >= 0.6 is 15.9 Å². The third-order valence-corrected chi connectivity index (χ3v) is 4.82. The summed E-state index contributed by atoms with van der Waals surface area (Å²) in [6.45, 7) is 7.25. The predicted molar refractivity (Wildman–Crippen MR) is 90.1 cm³/mol. The second-order valence-corrected chi connectivity index (χ2v) is 6.11. The van der Waals surface area contributed by atoms with Gasteiger partial charge in [-0.2, -0.15) is 0 Å². The van der Waals surface area contributed by atoms with Crippen molar-refractivity contribution in [2.45, 2.75) is 33.2 Å². The molecule has 3 heteroatoms. The molecule has 0 saturated heterocycles. The molecule has 1 unspecified atom stereocenters. The van der Waals surface area contributed by atoms with Gasteiger partial charge >= 0.3 is 0 Å². The van der Waals surface area contributed by atoms with Crippen molar-refractivity contribution in [1.82, 2.24) is 5.32 Å². The Hall–Kier alpha value is -1.19. The van der Waals surface area contributed by atoms with Crippen LogP contribution in [0.4, 0.5) is 4.39 Å². The van der Waals surface area contributed by atoms with Crippen molar-refractivity contribution in [3.05, 3.63) is 68.9 Å². The van der Waals surface area contributed by atoms with Gasteiger partial charge in [0.2, 0.25) is 0 Å². The zero-order chi connectivity index (χ0) is 15.4. The Morgan fingerprint density at radius 2 is 1.86 bits per heavy atom. The summed E-state index contributed by atoms with van der Waals surface area (Å²) >= 11 is 3.36. The van der Waals surface area contributed by atoms with Crippen molar-refractivity contribution in [2.75, 3.05) is 6.54 Å². The summed E-state index contributed by atoms with van der Waals surface area (Å²) in [7, 11) is 0. The quantitative estimate of drug-likeness (QED) is 0.791. The Kier molecular flexibility index (Phi) is 5.54. The topological polar surface area (TPSA) is 12.0 Å². The van der Waals surface area contributed by atoms with Crippen LogP contribution in [0, 0.1) is 19.7 Å². The van der Waals surface area contributed by atoms with E-state index in [0.29, 0.717) is 4.47 Å². The van der Waals surface area contributed by atoms with Gasteiger partial charge < -0.3 is 5.32 Å². The van der Waals surface area contributed by atoms with Crippen LogP contribution in [0.25, 0.3) is 0 Å². The minimum atomic E-state index is -0.205. The second-order valence-electron chi connectivity index (χ2n) is 5.32. The lowest BCUT2D eigenvalue weighted by atomic mass is 9.93. The van der Waals surface area contributed by atoms with Gasteiger partial charge in [0.05, 0.1) is 4.47 Å². The van der Waals surface area contributed by atoms with Crippen LogP contribution in [0.5, 0.6) is 0 Å². The minimum Gasteiger partial charge on any atom is -0.310 e. The fourth-order valence-electron chi connectivity index (χ4n) is 2.62. The van der Waals surface area contributed by atoms with E-state index in [9.17, 15) is 4.39 Å². The zero-order valence-corrected chi connectivity index (χ0v) is 14.3. The van der Waals surface area contributed by atoms with Gasteiger partial charge in [0.25, 0.3) is 0 Å². The highest BCUT2D eigenvalue weighted by molar-refractivity contribution is 9.10. The number of hydrogen-bond acceptors (Lipinski definition) is 1. The molecule has 1 atom stereocenters. The SMILES string of the molecule is CCNC(Cc1cccc(F)c1Br)c1cccc(C)c1C. The predicted octanol–water partition coefficient (Wildman–Crippen LogP) is 5.10. The van der Waals surface area contributed by atoms with Crippen molar-refractivity contribution >= 4 is 15.9 Å². The van der Waals surface area contributed by atoms with Gasteiger partial charge in [-0.05, 0) is 71.1 Å². The van der Waals surface area contributed by atoms with E-state index in [1.54, 1.807) is 6.07 Å². The molecule has 2 aromatic carbocycles. The standard InChI is InChI=1S/C18H21BrFN/c1-4-21-17(15-9-5-7-12(2)13(15)3)11-14-8-6-10-16(20)18(14)19/h5-10,17,21H,4,11H2,1-3H3. The van der Waals surface area contributed by atoms with E-state index < -0.39 is 0 Å². The minimum absolute atomic E-state index is 0.188. The maximum Gasteiger partial charge on any atom is 0.137 e. The number of nitrogens with one attached hydrogen (secondary N) is 1. The highest BCUT2D eigenvalue weighted by Crippen LogP contribution is 2.28. The maximum absolute atomic E-state index is 13.7. The first-order chi connectivity index (χ1) is 10.0. The molecule has 0 spiro atoms. The van der Waals surface area contributed by atoms with E-state index in [-0.39, 0.29) is 11.9 Å². The highest BCUT2D eigenvalue weighted by atomic mass is 79.9. The van der Waals surface area contributed by atoms with Crippen LogP contribution < -0.4 is 5.32 Å². The lowest BCUT2D eigenvalue weighted by Crippen LogP contribution is -2.24. The largest absolute Gasteiger partial charge is 0.310 e. The molecule has 2 aromatic rings. The molecule has 0 radical (unpaired) electrons. The van der Waals surface area contributed by atoms with Gasteiger partial charge in [-0.1, -0.05) is 37.3 Å². The summed E-state index contributed by atoms with van der Waals surface area (Å²) in [5.41, 5.74) is 4.86. The molecule has 0 aliphatic rings. The summed E-state index contributed by atoms with van der Waals surface area (Å²) in [5, 5.41) is 3.52. The second kappa shape index (κ2) is 7.19. The number of hydrogen-bond donors (Lipinski definition) is 1. The van der Waals surface area contributed by atoms with Crippen molar-refractivity contribution < 1.29 is 4.39 Å². The van der Waals surface area contributed by atoms with E-state index in [0.717, 1.165) is 18.5 Å². The molecule has 21 heavy (non-hydrogen) atoms. The molecule has 0 heterocycles. The van der Waals surface area contributed by atoms with Crippen LogP contribution in [0.1, 0.15) is 35.2 Å². The molecule has 1 N–H and O–H groups in total. The number of benzene rings is 2. The molecule has 112 valence electrons. The number of halogens is 2. The van der Waals surface area contributed by atoms with Gasteiger partial charge in [0.1, 0.15) is 5.82 Å². The molecule has 0 amide bonds. The Morgan fingerprint density at radius 1 is 1.14 bits per heavy atom. The zero-order valence-electron chi connectivity index (χ0n) is 12.7. The van der Waals surface area contributed by atoms with E-state index >= 15 is 0 Å². The molecule has 0 aliphatic carbocycles. The number of rotatable bonds is 5. The lowest BCUT2D eigenvalue weighted by molar-refractivity contribution is 0.542. The lowest BCUT2D eigenvalue weighted by Gasteiger charge is -2.22. The third kappa shape index (κ3) is 3.72. The maximum atomic E-state index is 13.7. The molecule has 0 fully saturated rings. The van der Waals surface area contributed by atoms with Gasteiger partial charge in [-0.3, -0.25) is 0 Å². The third-order valence-electron chi connectivity index (χ3n) is 3.93. The average Bonchev–Trinajstić information content (AvgIpc) is 2.46. The van der Waals surface area contributed by atoms with E-state index in [1.807, 2.05) is 6.07 Å². The Labute approximate surface area is 134 Å². The van der Waals surface area contributed by atoms with E-state index in [4.69, 9.17) is 0 Å². The van der Waals surface area contributed by atoms with Crippen LogP contribution in [-0.2, 0) is 6.42 Å². The summed E-state index contributed by atoms with van der Waals surface area (Å²) in [6, 6.07) is 11.8. The van der Waals surface area contributed by atoms with Crippen molar-refractivity contribution in [1.29, 1.82) is 0 Å². The normalized spacial score (nSPS) is 12.4. The monoisotopic (exact) mass is 349 g/mol. The molecule has 0 aromatic heterocycles. The number of aryl methyl sites for hydroxylation is 1. The van der Waals surface area contributed by atoms with Gasteiger partial charge in [0.15, 0.2) is 0 Å². The van der Waals surface area contributed by atoms with Gasteiger partial charge in [-0.25, -0.2) is 4.39 Å². The fourth-order valence-corrected chi connectivity index (χ4v) is 3.04. The first kappa shape index (κ1) is 16.2. The molecule has 1 nitrogen and oxygen atoms in total. The first-order valence-corrected chi connectivity index (χ1v) is 8.06. The Bertz CT molecular complexity index is 625. The van der Waals surface area contributed by atoms with E-state index in [2.05, 4.69) is 60.2 Å². The smallest absolute Gasteiger partial charge is 0.137 e. The summed E-state index contributed by atoms with van der Waals surface area (Å²) < 4.78 is 14.3. The van der Waals surface area contributed by atoms with Crippen molar-refractivity contribution in [2.24, 2.45) is 0 Å². The van der Waals surface area contributed by atoms with Crippen LogP contribution in [0.2, 0.25) is 0 Å². The number of likely N-dealkylation sites (N-methyl/N-ethyl adjacent to an activating group) is 1. The molecule has 0 saturated carbocycles. The highest BCUT2D eigenvalue weighted by Gasteiger charge is 2.16. The van der Waals surface area contributed by atoms with Crippen LogP contribution in [0.3, 0.4) is 0 Å². The Balaban J connectivity index is 2.35. The van der Waals surface area contributed by atoms with Crippen molar-refractivity contribution in [3.8, 4) is 0 Å². The molecule has 2 rings (SSSR count). The summed E-state index contributed by atoms with van der Waals surface area (Å²) in [5.74, 6) is -0.205. The Morgan fingerprint density at radius 3 is 2.57 bits per heavy atom. The molecule has 0 aliphatic heterocycles. The van der Waals surface area contributed by atoms with Gasteiger partial charge in [-0.15, -0.1) is 0 Å².